The normalized spacial score (nSPS) is 17.8. The highest BCUT2D eigenvalue weighted by atomic mass is 16.5. The number of amides is 2. The van der Waals surface area contributed by atoms with E-state index in [1.54, 1.807) is 18.2 Å². The zero-order valence-electron chi connectivity index (χ0n) is 15.0. The fourth-order valence-electron chi connectivity index (χ4n) is 2.90. The van der Waals surface area contributed by atoms with Crippen molar-refractivity contribution in [2.45, 2.75) is 51.7 Å². The van der Waals surface area contributed by atoms with Gasteiger partial charge in [0.2, 0.25) is 5.91 Å². The Hall–Kier alpha value is -2.08. The van der Waals surface area contributed by atoms with E-state index in [4.69, 9.17) is 9.47 Å². The number of nitrogens with one attached hydrogen (secondary N) is 2. The van der Waals surface area contributed by atoms with Crippen molar-refractivity contribution in [2.24, 2.45) is 0 Å². The molecule has 0 radical (unpaired) electrons. The second-order valence-corrected chi connectivity index (χ2v) is 6.29. The van der Waals surface area contributed by atoms with Gasteiger partial charge in [-0.15, -0.1) is 0 Å². The average Bonchev–Trinajstić information content (AvgIpc) is 3.12. The number of hydrogen-bond donors (Lipinski definition) is 2. The molecule has 2 N–H and O–H groups in total. The van der Waals surface area contributed by atoms with E-state index >= 15 is 0 Å². The molecule has 1 aliphatic heterocycles. The molecule has 0 saturated carbocycles. The molecule has 138 valence electrons. The van der Waals surface area contributed by atoms with E-state index in [9.17, 15) is 9.59 Å². The number of para-hydroxylation sites is 1. The largest absolute Gasteiger partial charge is 0.493 e. The van der Waals surface area contributed by atoms with Crippen LogP contribution in [-0.4, -0.2) is 43.7 Å². The van der Waals surface area contributed by atoms with Gasteiger partial charge in [0.1, 0.15) is 5.75 Å². The monoisotopic (exact) mass is 348 g/mol. The summed E-state index contributed by atoms with van der Waals surface area (Å²) in [6.07, 6.45) is 4.39. The lowest BCUT2D eigenvalue weighted by Gasteiger charge is -2.16. The van der Waals surface area contributed by atoms with E-state index in [1.165, 1.54) is 0 Å². The first-order valence-corrected chi connectivity index (χ1v) is 9.01. The van der Waals surface area contributed by atoms with Crippen molar-refractivity contribution >= 4 is 11.8 Å². The van der Waals surface area contributed by atoms with Gasteiger partial charge in [-0.2, -0.15) is 0 Å². The molecule has 1 fully saturated rings. The maximum atomic E-state index is 12.2. The van der Waals surface area contributed by atoms with Crippen molar-refractivity contribution in [2.75, 3.05) is 19.8 Å². The zero-order chi connectivity index (χ0) is 18.1. The van der Waals surface area contributed by atoms with Crippen molar-refractivity contribution in [3.8, 4) is 5.75 Å². The predicted molar refractivity (Wildman–Crippen MR) is 95.8 cm³/mol. The van der Waals surface area contributed by atoms with Gasteiger partial charge >= 0.3 is 0 Å². The Bertz CT molecular complexity index is 570. The summed E-state index contributed by atoms with van der Waals surface area (Å²) >= 11 is 0. The van der Waals surface area contributed by atoms with Crippen LogP contribution in [0.5, 0.6) is 5.75 Å². The Balaban J connectivity index is 1.72. The fourth-order valence-corrected chi connectivity index (χ4v) is 2.90. The van der Waals surface area contributed by atoms with Crippen LogP contribution in [0.1, 0.15) is 49.9 Å². The van der Waals surface area contributed by atoms with Gasteiger partial charge in [-0.25, -0.2) is 0 Å². The Kier molecular flexibility index (Phi) is 7.73. The van der Waals surface area contributed by atoms with Gasteiger partial charge in [-0.1, -0.05) is 12.1 Å². The summed E-state index contributed by atoms with van der Waals surface area (Å²) in [5.74, 6) is 0.0149. The first kappa shape index (κ1) is 19.2. The van der Waals surface area contributed by atoms with Gasteiger partial charge in [0.25, 0.3) is 5.91 Å². The van der Waals surface area contributed by atoms with E-state index in [2.05, 4.69) is 10.6 Å². The minimum Gasteiger partial charge on any atom is -0.493 e. The van der Waals surface area contributed by atoms with Crippen LogP contribution in [0, 0.1) is 0 Å². The third kappa shape index (κ3) is 6.38. The summed E-state index contributed by atoms with van der Waals surface area (Å²) in [7, 11) is 0. The highest BCUT2D eigenvalue weighted by Crippen LogP contribution is 2.18. The van der Waals surface area contributed by atoms with Crippen molar-refractivity contribution in [1.82, 2.24) is 10.6 Å². The standard InChI is InChI=1S/C19H28N2O4/c1-3-24-17-9-5-4-8-16(17)19(23)20-13-18(22)21-14(2)10-11-15-7-6-12-25-15/h4-5,8-9,14-15H,3,6-7,10-13H2,1-2H3,(H,20,23)(H,21,22). The molecule has 1 saturated heterocycles. The van der Waals surface area contributed by atoms with Crippen LogP contribution in [0.15, 0.2) is 24.3 Å². The molecule has 2 rings (SSSR count). The molecule has 0 aromatic heterocycles. The van der Waals surface area contributed by atoms with Crippen LogP contribution in [0.2, 0.25) is 0 Å². The van der Waals surface area contributed by atoms with Gasteiger partial charge in [-0.05, 0) is 51.7 Å². The molecular formula is C19H28N2O4. The summed E-state index contributed by atoms with van der Waals surface area (Å²) in [5, 5.41) is 5.55. The number of benzene rings is 1. The molecule has 1 aromatic rings. The van der Waals surface area contributed by atoms with Crippen LogP contribution in [0.4, 0.5) is 0 Å². The minimum atomic E-state index is -0.314. The van der Waals surface area contributed by atoms with Crippen LogP contribution in [0.25, 0.3) is 0 Å². The molecule has 0 bridgehead atoms. The van der Waals surface area contributed by atoms with Gasteiger partial charge in [-0.3, -0.25) is 9.59 Å². The van der Waals surface area contributed by atoms with Gasteiger partial charge < -0.3 is 20.1 Å². The number of hydrogen-bond acceptors (Lipinski definition) is 4. The molecule has 2 atom stereocenters. The quantitative estimate of drug-likeness (QED) is 0.718. The van der Waals surface area contributed by atoms with E-state index < -0.39 is 0 Å². The number of rotatable bonds is 9. The lowest BCUT2D eigenvalue weighted by atomic mass is 10.1. The number of ether oxygens (including phenoxy) is 2. The topological polar surface area (TPSA) is 76.7 Å². The van der Waals surface area contributed by atoms with E-state index in [1.807, 2.05) is 19.9 Å². The maximum absolute atomic E-state index is 12.2. The Labute approximate surface area is 149 Å². The van der Waals surface area contributed by atoms with Crippen molar-refractivity contribution in [3.63, 3.8) is 0 Å². The lowest BCUT2D eigenvalue weighted by molar-refractivity contribution is -0.120. The summed E-state index contributed by atoms with van der Waals surface area (Å²) in [4.78, 5) is 24.3. The lowest BCUT2D eigenvalue weighted by Crippen LogP contribution is -2.41. The highest BCUT2D eigenvalue weighted by Gasteiger charge is 2.18. The molecule has 2 unspecified atom stereocenters. The molecule has 1 heterocycles. The molecule has 0 spiro atoms. The molecular weight excluding hydrogens is 320 g/mol. The minimum absolute atomic E-state index is 0.0520. The van der Waals surface area contributed by atoms with E-state index in [-0.39, 0.29) is 24.4 Å². The maximum Gasteiger partial charge on any atom is 0.255 e. The second kappa shape index (κ2) is 10.0. The Morgan fingerprint density at radius 3 is 2.88 bits per heavy atom. The Morgan fingerprint density at radius 2 is 2.16 bits per heavy atom. The molecule has 25 heavy (non-hydrogen) atoms. The van der Waals surface area contributed by atoms with Gasteiger partial charge in [0.05, 0.1) is 24.8 Å². The molecule has 6 heteroatoms. The smallest absolute Gasteiger partial charge is 0.255 e. The summed E-state index contributed by atoms with van der Waals surface area (Å²) in [6.45, 7) is 5.11. The van der Waals surface area contributed by atoms with E-state index in [0.717, 1.165) is 32.3 Å². The zero-order valence-corrected chi connectivity index (χ0v) is 15.0. The van der Waals surface area contributed by atoms with Crippen LogP contribution in [-0.2, 0) is 9.53 Å². The first-order valence-electron chi connectivity index (χ1n) is 9.01. The van der Waals surface area contributed by atoms with Crippen LogP contribution in [0.3, 0.4) is 0 Å². The average molecular weight is 348 g/mol. The molecule has 2 amide bonds. The molecule has 0 aliphatic carbocycles. The third-order valence-corrected chi connectivity index (χ3v) is 4.19. The van der Waals surface area contributed by atoms with Crippen molar-refractivity contribution in [1.29, 1.82) is 0 Å². The molecule has 6 nitrogen and oxygen atoms in total. The SMILES string of the molecule is CCOc1ccccc1C(=O)NCC(=O)NC(C)CCC1CCCO1. The van der Waals surface area contributed by atoms with E-state index in [0.29, 0.717) is 24.0 Å². The number of carbonyl (C=O) groups is 2. The van der Waals surface area contributed by atoms with Crippen molar-refractivity contribution < 1.29 is 19.1 Å². The third-order valence-electron chi connectivity index (χ3n) is 4.19. The van der Waals surface area contributed by atoms with Crippen LogP contribution >= 0.6 is 0 Å². The van der Waals surface area contributed by atoms with Crippen molar-refractivity contribution in [3.05, 3.63) is 29.8 Å². The molecule has 1 aromatic carbocycles. The fraction of sp³-hybridized carbons (Fsp3) is 0.579. The molecule has 1 aliphatic rings. The second-order valence-electron chi connectivity index (χ2n) is 6.29. The van der Waals surface area contributed by atoms with Gasteiger partial charge in [0, 0.05) is 12.6 Å². The summed E-state index contributed by atoms with van der Waals surface area (Å²) in [6, 6.07) is 7.06. The summed E-state index contributed by atoms with van der Waals surface area (Å²) in [5.41, 5.74) is 0.434. The van der Waals surface area contributed by atoms with Gasteiger partial charge in [0.15, 0.2) is 0 Å². The highest BCUT2D eigenvalue weighted by molar-refractivity contribution is 5.98. The Morgan fingerprint density at radius 1 is 1.36 bits per heavy atom. The van der Waals surface area contributed by atoms with Crippen LogP contribution < -0.4 is 15.4 Å². The number of carbonyl (C=O) groups excluding carboxylic acids is 2. The predicted octanol–water partition coefficient (Wildman–Crippen LogP) is 2.28. The summed E-state index contributed by atoms with van der Waals surface area (Å²) < 4.78 is 11.0. The first-order chi connectivity index (χ1) is 12.1.